The van der Waals surface area contributed by atoms with Gasteiger partial charge in [-0.25, -0.2) is 4.98 Å². The molecule has 3 rings (SSSR count). The second-order valence-electron chi connectivity index (χ2n) is 5.07. The van der Waals surface area contributed by atoms with Gasteiger partial charge in [0.05, 0.1) is 0 Å². The van der Waals surface area contributed by atoms with E-state index in [1.54, 1.807) is 30.3 Å². The van der Waals surface area contributed by atoms with Gasteiger partial charge in [-0.1, -0.05) is 53.2 Å². The molecule has 0 aliphatic heterocycles. The summed E-state index contributed by atoms with van der Waals surface area (Å²) >= 11 is 13.6. The van der Waals surface area contributed by atoms with Crippen LogP contribution in [0.15, 0.2) is 59.8 Å². The van der Waals surface area contributed by atoms with Crippen LogP contribution in [-0.4, -0.2) is 9.97 Å². The van der Waals surface area contributed by atoms with E-state index in [9.17, 15) is 0 Å². The first kappa shape index (κ1) is 17.1. The monoisotopic (exact) mass is 376 g/mol. The molecule has 122 valence electrons. The van der Waals surface area contributed by atoms with Gasteiger partial charge in [0.1, 0.15) is 5.75 Å². The third kappa shape index (κ3) is 4.63. The third-order valence-corrected chi connectivity index (χ3v) is 4.68. The van der Waals surface area contributed by atoms with E-state index in [1.165, 1.54) is 11.8 Å². The molecule has 0 atom stereocenters. The number of aromatic nitrogens is 2. The van der Waals surface area contributed by atoms with Gasteiger partial charge in [-0.2, -0.15) is 4.98 Å². The fourth-order valence-corrected chi connectivity index (χ4v) is 3.32. The van der Waals surface area contributed by atoms with E-state index in [2.05, 4.69) is 9.97 Å². The number of thioether (sulfide) groups is 1. The Hall–Kier alpha value is -1.75. The standard InChI is InChI=1S/C18H14Cl2N2OS/c1-12-10-17(23-15-8-6-14(19)7-9-15)22-18(21-12)24-11-13-4-2-3-5-16(13)20/h2-10H,11H2,1H3. The van der Waals surface area contributed by atoms with Gasteiger partial charge in [0.15, 0.2) is 5.16 Å². The summed E-state index contributed by atoms with van der Waals surface area (Å²) in [7, 11) is 0. The topological polar surface area (TPSA) is 35.0 Å². The van der Waals surface area contributed by atoms with Gasteiger partial charge >= 0.3 is 0 Å². The Morgan fingerprint density at radius 1 is 1.00 bits per heavy atom. The van der Waals surface area contributed by atoms with Crippen LogP contribution in [0.4, 0.5) is 0 Å². The van der Waals surface area contributed by atoms with Crippen LogP contribution >= 0.6 is 35.0 Å². The molecule has 0 unspecified atom stereocenters. The minimum absolute atomic E-state index is 0.506. The second-order valence-corrected chi connectivity index (χ2v) is 6.85. The van der Waals surface area contributed by atoms with E-state index in [-0.39, 0.29) is 0 Å². The van der Waals surface area contributed by atoms with Crippen molar-refractivity contribution in [2.24, 2.45) is 0 Å². The first-order valence-electron chi connectivity index (χ1n) is 7.25. The van der Waals surface area contributed by atoms with Crippen molar-refractivity contribution >= 4 is 35.0 Å². The van der Waals surface area contributed by atoms with Crippen LogP contribution in [0.5, 0.6) is 11.6 Å². The van der Waals surface area contributed by atoms with Crippen molar-refractivity contribution in [2.45, 2.75) is 17.8 Å². The number of aryl methyl sites for hydroxylation is 1. The van der Waals surface area contributed by atoms with Gasteiger partial charge in [0, 0.05) is 27.6 Å². The Labute approximate surface area is 155 Å². The van der Waals surface area contributed by atoms with Gasteiger partial charge in [-0.05, 0) is 42.8 Å². The SMILES string of the molecule is Cc1cc(Oc2ccc(Cl)cc2)nc(SCc2ccccc2Cl)n1. The number of halogens is 2. The minimum Gasteiger partial charge on any atom is -0.439 e. The Morgan fingerprint density at radius 2 is 1.75 bits per heavy atom. The Morgan fingerprint density at radius 3 is 2.50 bits per heavy atom. The molecule has 0 amide bonds. The predicted octanol–water partition coefficient (Wildman–Crippen LogP) is 6.18. The fraction of sp³-hybridized carbons (Fsp3) is 0.111. The highest BCUT2D eigenvalue weighted by Gasteiger charge is 2.07. The molecule has 2 aromatic carbocycles. The maximum atomic E-state index is 6.18. The van der Waals surface area contributed by atoms with E-state index in [0.717, 1.165) is 16.3 Å². The lowest BCUT2D eigenvalue weighted by Gasteiger charge is -2.08. The van der Waals surface area contributed by atoms with Crippen LogP contribution < -0.4 is 4.74 Å². The minimum atomic E-state index is 0.506. The van der Waals surface area contributed by atoms with Crippen molar-refractivity contribution in [3.63, 3.8) is 0 Å². The average molecular weight is 377 g/mol. The molecule has 0 fully saturated rings. The molecule has 6 heteroatoms. The highest BCUT2D eigenvalue weighted by atomic mass is 35.5. The van der Waals surface area contributed by atoms with Crippen molar-refractivity contribution in [3.8, 4) is 11.6 Å². The molecule has 3 nitrogen and oxygen atoms in total. The summed E-state index contributed by atoms with van der Waals surface area (Å²) in [5, 5.41) is 2.06. The highest BCUT2D eigenvalue weighted by Crippen LogP contribution is 2.27. The van der Waals surface area contributed by atoms with E-state index in [1.807, 2.05) is 31.2 Å². The number of hydrogen-bond donors (Lipinski definition) is 0. The van der Waals surface area contributed by atoms with Crippen LogP contribution in [0, 0.1) is 6.92 Å². The van der Waals surface area contributed by atoms with Crippen LogP contribution in [0.2, 0.25) is 10.0 Å². The number of ether oxygens (including phenoxy) is 1. The first-order chi connectivity index (χ1) is 11.6. The Bertz CT molecular complexity index is 841. The summed E-state index contributed by atoms with van der Waals surface area (Å²) in [4.78, 5) is 8.89. The van der Waals surface area contributed by atoms with Crippen LogP contribution in [0.1, 0.15) is 11.3 Å². The van der Waals surface area contributed by atoms with Crippen LogP contribution in [0.25, 0.3) is 0 Å². The zero-order valence-corrected chi connectivity index (χ0v) is 15.2. The summed E-state index contributed by atoms with van der Waals surface area (Å²) < 4.78 is 5.78. The maximum Gasteiger partial charge on any atom is 0.223 e. The number of benzene rings is 2. The van der Waals surface area contributed by atoms with Crippen molar-refractivity contribution in [3.05, 3.63) is 75.9 Å². The van der Waals surface area contributed by atoms with Crippen molar-refractivity contribution in [2.75, 3.05) is 0 Å². The van der Waals surface area contributed by atoms with Gasteiger partial charge in [-0.15, -0.1) is 0 Å². The molecule has 0 aliphatic carbocycles. The fourth-order valence-electron chi connectivity index (χ4n) is 2.01. The Balaban J connectivity index is 1.74. The van der Waals surface area contributed by atoms with Crippen molar-refractivity contribution < 1.29 is 4.74 Å². The molecule has 1 aromatic heterocycles. The third-order valence-electron chi connectivity index (χ3n) is 3.16. The predicted molar refractivity (Wildman–Crippen MR) is 99.3 cm³/mol. The smallest absolute Gasteiger partial charge is 0.223 e. The largest absolute Gasteiger partial charge is 0.439 e. The molecule has 3 aromatic rings. The quantitative estimate of drug-likeness (QED) is 0.393. The zero-order chi connectivity index (χ0) is 16.9. The molecular formula is C18H14Cl2N2OS. The van der Waals surface area contributed by atoms with E-state index < -0.39 is 0 Å². The van der Waals surface area contributed by atoms with E-state index >= 15 is 0 Å². The molecule has 0 aliphatic rings. The lowest BCUT2D eigenvalue weighted by atomic mass is 10.2. The summed E-state index contributed by atoms with van der Waals surface area (Å²) in [5.41, 5.74) is 1.89. The summed E-state index contributed by atoms with van der Waals surface area (Å²) in [6, 6.07) is 16.7. The van der Waals surface area contributed by atoms with E-state index in [0.29, 0.717) is 27.6 Å². The number of rotatable bonds is 5. The molecule has 0 saturated carbocycles. The highest BCUT2D eigenvalue weighted by molar-refractivity contribution is 7.98. The molecule has 0 radical (unpaired) electrons. The zero-order valence-electron chi connectivity index (χ0n) is 12.9. The second kappa shape index (κ2) is 7.88. The average Bonchev–Trinajstić information content (AvgIpc) is 2.56. The molecule has 0 N–H and O–H groups in total. The van der Waals surface area contributed by atoms with E-state index in [4.69, 9.17) is 27.9 Å². The molecule has 0 spiro atoms. The lowest BCUT2D eigenvalue weighted by molar-refractivity contribution is 0.454. The van der Waals surface area contributed by atoms with Crippen LogP contribution in [-0.2, 0) is 5.75 Å². The summed E-state index contributed by atoms with van der Waals surface area (Å²) in [6.07, 6.45) is 0. The lowest BCUT2D eigenvalue weighted by Crippen LogP contribution is -1.95. The number of nitrogens with zero attached hydrogens (tertiary/aromatic N) is 2. The van der Waals surface area contributed by atoms with Gasteiger partial charge in [0.2, 0.25) is 5.88 Å². The molecular weight excluding hydrogens is 363 g/mol. The van der Waals surface area contributed by atoms with Crippen molar-refractivity contribution in [1.29, 1.82) is 0 Å². The molecule has 0 saturated heterocycles. The summed E-state index contributed by atoms with van der Waals surface area (Å²) in [5.74, 6) is 1.88. The molecule has 0 bridgehead atoms. The molecule has 1 heterocycles. The number of hydrogen-bond acceptors (Lipinski definition) is 4. The maximum absolute atomic E-state index is 6.18. The van der Waals surface area contributed by atoms with Crippen molar-refractivity contribution in [1.82, 2.24) is 9.97 Å². The van der Waals surface area contributed by atoms with Crippen LogP contribution in [0.3, 0.4) is 0 Å². The first-order valence-corrected chi connectivity index (χ1v) is 8.99. The summed E-state index contributed by atoms with van der Waals surface area (Å²) in [6.45, 7) is 1.91. The normalized spacial score (nSPS) is 10.6. The molecule has 24 heavy (non-hydrogen) atoms. The Kier molecular flexibility index (Phi) is 5.61. The van der Waals surface area contributed by atoms with Gasteiger partial charge in [-0.3, -0.25) is 0 Å². The van der Waals surface area contributed by atoms with Gasteiger partial charge < -0.3 is 4.74 Å². The van der Waals surface area contributed by atoms with Gasteiger partial charge in [0.25, 0.3) is 0 Å².